The van der Waals surface area contributed by atoms with E-state index in [2.05, 4.69) is 5.32 Å². The van der Waals surface area contributed by atoms with Crippen LogP contribution in [0.2, 0.25) is 0 Å². The topological polar surface area (TPSA) is 29.1 Å². The van der Waals surface area contributed by atoms with E-state index in [0.717, 1.165) is 16.7 Å². The highest BCUT2D eigenvalue weighted by atomic mass is 35.5. The fourth-order valence-corrected chi connectivity index (χ4v) is 2.84. The van der Waals surface area contributed by atoms with E-state index in [9.17, 15) is 9.18 Å². The molecular weight excluding hydrogens is 289 g/mol. The highest BCUT2D eigenvalue weighted by molar-refractivity contribution is 6.22. The summed E-state index contributed by atoms with van der Waals surface area (Å²) in [6.07, 6.45) is 1.04. The quantitative estimate of drug-likeness (QED) is 0.821. The minimum Gasteiger partial charge on any atom is -0.326 e. The molecule has 1 atom stereocenters. The van der Waals surface area contributed by atoms with Gasteiger partial charge in [0.15, 0.2) is 0 Å². The Hall–Kier alpha value is -1.87. The number of carbonyl (C=O) groups is 1. The number of aryl methyl sites for hydroxylation is 2. The number of benzene rings is 2. The second kappa shape index (κ2) is 5.49. The molecule has 0 saturated heterocycles. The van der Waals surface area contributed by atoms with Crippen molar-refractivity contribution in [2.45, 2.75) is 25.1 Å². The van der Waals surface area contributed by atoms with Crippen LogP contribution in [0.3, 0.4) is 0 Å². The number of rotatable bonds is 2. The average molecular weight is 304 g/mol. The molecule has 21 heavy (non-hydrogen) atoms. The molecule has 0 saturated carbocycles. The number of anilines is 1. The van der Waals surface area contributed by atoms with E-state index in [1.807, 2.05) is 31.2 Å². The molecule has 1 aliphatic rings. The molecular formula is C17H15ClFNO. The highest BCUT2D eigenvalue weighted by Gasteiger charge is 2.21. The Bertz CT molecular complexity index is 697. The molecule has 0 aromatic heterocycles. The Labute approximate surface area is 127 Å². The summed E-state index contributed by atoms with van der Waals surface area (Å²) in [5.41, 5.74) is 3.94. The predicted molar refractivity (Wildman–Crippen MR) is 82.2 cm³/mol. The van der Waals surface area contributed by atoms with E-state index in [4.69, 9.17) is 11.6 Å². The van der Waals surface area contributed by atoms with Gasteiger partial charge >= 0.3 is 0 Å². The smallest absolute Gasteiger partial charge is 0.224 e. The number of alkyl halides is 1. The molecule has 1 amide bonds. The Morgan fingerprint density at radius 2 is 1.90 bits per heavy atom. The van der Waals surface area contributed by atoms with Crippen LogP contribution < -0.4 is 5.32 Å². The third-order valence-corrected chi connectivity index (χ3v) is 4.25. The normalized spacial score (nSPS) is 15.3. The molecule has 108 valence electrons. The van der Waals surface area contributed by atoms with Crippen molar-refractivity contribution >= 4 is 23.2 Å². The van der Waals surface area contributed by atoms with Gasteiger partial charge in [-0.1, -0.05) is 29.8 Å². The lowest BCUT2D eigenvalue weighted by Gasteiger charge is -2.20. The van der Waals surface area contributed by atoms with Crippen molar-refractivity contribution in [3.05, 3.63) is 64.5 Å². The van der Waals surface area contributed by atoms with Crippen molar-refractivity contribution in [3.63, 3.8) is 0 Å². The van der Waals surface area contributed by atoms with E-state index in [0.29, 0.717) is 24.1 Å². The summed E-state index contributed by atoms with van der Waals surface area (Å²) >= 11 is 6.43. The molecule has 0 spiro atoms. The van der Waals surface area contributed by atoms with Crippen molar-refractivity contribution in [2.75, 3.05) is 5.32 Å². The first-order chi connectivity index (χ1) is 10.0. The summed E-state index contributed by atoms with van der Waals surface area (Å²) < 4.78 is 14.3. The molecule has 0 fully saturated rings. The first-order valence-corrected chi connectivity index (χ1v) is 7.31. The van der Waals surface area contributed by atoms with Gasteiger partial charge in [0.05, 0.1) is 5.38 Å². The largest absolute Gasteiger partial charge is 0.326 e. The SMILES string of the molecule is Cc1ccc(C(Cl)c2cc3c(cc2F)NC(=O)CC3)cc1. The summed E-state index contributed by atoms with van der Waals surface area (Å²) in [5, 5.41) is 2.16. The Kier molecular flexibility index (Phi) is 3.68. The van der Waals surface area contributed by atoms with Gasteiger partial charge in [-0.3, -0.25) is 4.79 Å². The van der Waals surface area contributed by atoms with Crippen LogP contribution in [0, 0.1) is 12.7 Å². The number of carbonyl (C=O) groups excluding carboxylic acids is 1. The number of nitrogens with one attached hydrogen (secondary N) is 1. The fourth-order valence-electron chi connectivity index (χ4n) is 2.53. The Morgan fingerprint density at radius 3 is 2.62 bits per heavy atom. The van der Waals surface area contributed by atoms with Crippen LogP contribution in [0.1, 0.15) is 34.1 Å². The summed E-state index contributed by atoms with van der Waals surface area (Å²) in [7, 11) is 0. The third kappa shape index (κ3) is 2.79. The summed E-state index contributed by atoms with van der Waals surface area (Å²) in [5.74, 6) is -0.466. The van der Waals surface area contributed by atoms with Crippen molar-refractivity contribution in [3.8, 4) is 0 Å². The molecule has 2 nitrogen and oxygen atoms in total. The molecule has 0 aliphatic carbocycles. The molecule has 1 aliphatic heterocycles. The number of fused-ring (bicyclic) bond motifs is 1. The predicted octanol–water partition coefficient (Wildman–Crippen LogP) is 4.35. The second-order valence-corrected chi connectivity index (χ2v) is 5.79. The number of halogens is 2. The van der Waals surface area contributed by atoms with Gasteiger partial charge in [0.2, 0.25) is 5.91 Å². The maximum atomic E-state index is 14.3. The molecule has 3 rings (SSSR count). The van der Waals surface area contributed by atoms with Crippen molar-refractivity contribution in [1.29, 1.82) is 0 Å². The van der Waals surface area contributed by atoms with E-state index < -0.39 is 11.2 Å². The third-order valence-electron chi connectivity index (χ3n) is 3.76. The van der Waals surface area contributed by atoms with Crippen LogP contribution >= 0.6 is 11.6 Å². The monoisotopic (exact) mass is 303 g/mol. The van der Waals surface area contributed by atoms with Crippen molar-refractivity contribution in [2.24, 2.45) is 0 Å². The molecule has 2 aromatic carbocycles. The van der Waals surface area contributed by atoms with E-state index in [1.165, 1.54) is 6.07 Å². The number of amides is 1. The van der Waals surface area contributed by atoms with Crippen molar-refractivity contribution in [1.82, 2.24) is 0 Å². The Morgan fingerprint density at radius 1 is 1.19 bits per heavy atom. The molecule has 2 aromatic rings. The lowest BCUT2D eigenvalue weighted by molar-refractivity contribution is -0.116. The minimum absolute atomic E-state index is 0.0735. The molecule has 1 N–H and O–H groups in total. The van der Waals surface area contributed by atoms with Crippen LogP contribution in [-0.2, 0) is 11.2 Å². The van der Waals surface area contributed by atoms with Gasteiger partial charge < -0.3 is 5.32 Å². The van der Waals surface area contributed by atoms with Crippen LogP contribution in [0.15, 0.2) is 36.4 Å². The van der Waals surface area contributed by atoms with Crippen LogP contribution in [0.5, 0.6) is 0 Å². The standard InChI is InChI=1S/C17H15ClFNO/c1-10-2-4-11(5-3-10)17(18)13-8-12-6-7-16(21)20-15(12)9-14(13)19/h2-5,8-9,17H,6-7H2,1H3,(H,20,21). The number of hydrogen-bond donors (Lipinski definition) is 1. The van der Waals surface area contributed by atoms with Gasteiger partial charge in [0.1, 0.15) is 5.82 Å². The Balaban J connectivity index is 1.98. The number of hydrogen-bond acceptors (Lipinski definition) is 1. The lowest BCUT2D eigenvalue weighted by Crippen LogP contribution is -2.19. The summed E-state index contributed by atoms with van der Waals surface area (Å²) in [4.78, 5) is 11.3. The van der Waals surface area contributed by atoms with Crippen LogP contribution in [-0.4, -0.2) is 5.91 Å². The molecule has 1 heterocycles. The lowest BCUT2D eigenvalue weighted by atomic mass is 9.96. The zero-order valence-electron chi connectivity index (χ0n) is 11.6. The van der Waals surface area contributed by atoms with Crippen LogP contribution in [0.25, 0.3) is 0 Å². The zero-order chi connectivity index (χ0) is 15.0. The van der Waals surface area contributed by atoms with Gasteiger partial charge in [0.25, 0.3) is 0 Å². The molecule has 0 radical (unpaired) electrons. The van der Waals surface area contributed by atoms with E-state index in [-0.39, 0.29) is 5.91 Å². The van der Waals surface area contributed by atoms with E-state index in [1.54, 1.807) is 6.07 Å². The van der Waals surface area contributed by atoms with Gasteiger partial charge in [0, 0.05) is 17.7 Å². The first-order valence-electron chi connectivity index (χ1n) is 6.87. The van der Waals surface area contributed by atoms with Crippen LogP contribution in [0.4, 0.5) is 10.1 Å². The summed E-state index contributed by atoms with van der Waals surface area (Å²) in [6.45, 7) is 2.00. The van der Waals surface area contributed by atoms with Gasteiger partial charge in [-0.05, 0) is 36.6 Å². The van der Waals surface area contributed by atoms with Gasteiger partial charge in [-0.15, -0.1) is 11.6 Å². The van der Waals surface area contributed by atoms with E-state index >= 15 is 0 Å². The average Bonchev–Trinajstić information content (AvgIpc) is 2.46. The minimum atomic E-state index is -0.534. The van der Waals surface area contributed by atoms with Gasteiger partial charge in [-0.2, -0.15) is 0 Å². The summed E-state index contributed by atoms with van der Waals surface area (Å²) in [6, 6.07) is 10.9. The zero-order valence-corrected chi connectivity index (χ0v) is 12.4. The maximum Gasteiger partial charge on any atom is 0.224 e. The first kappa shape index (κ1) is 14.1. The molecule has 1 unspecified atom stereocenters. The van der Waals surface area contributed by atoms with Gasteiger partial charge in [-0.25, -0.2) is 4.39 Å². The second-order valence-electron chi connectivity index (χ2n) is 5.35. The van der Waals surface area contributed by atoms with Crippen molar-refractivity contribution < 1.29 is 9.18 Å². The fraction of sp³-hybridized carbons (Fsp3) is 0.235. The highest BCUT2D eigenvalue weighted by Crippen LogP contribution is 2.35. The molecule has 4 heteroatoms. The molecule has 0 bridgehead atoms. The maximum absolute atomic E-state index is 14.3.